The third-order valence-electron chi connectivity index (χ3n) is 4.17. The van der Waals surface area contributed by atoms with Gasteiger partial charge in [0.15, 0.2) is 0 Å². The monoisotopic (exact) mass is 265 g/mol. The number of nitrogens with one attached hydrogen (secondary N) is 1. The second-order valence-corrected chi connectivity index (χ2v) is 6.35. The average molecular weight is 265 g/mol. The summed E-state index contributed by atoms with van der Waals surface area (Å²) >= 11 is 0. The molecule has 19 heavy (non-hydrogen) atoms. The molecule has 108 valence electrons. The molecular formula is C15H27N3O. The fourth-order valence-electron chi connectivity index (χ4n) is 2.93. The van der Waals surface area contributed by atoms with Crippen LogP contribution >= 0.6 is 0 Å². The van der Waals surface area contributed by atoms with Crippen LogP contribution in [0.3, 0.4) is 0 Å². The van der Waals surface area contributed by atoms with Gasteiger partial charge in [0, 0.05) is 31.8 Å². The van der Waals surface area contributed by atoms with E-state index in [0.29, 0.717) is 12.0 Å². The van der Waals surface area contributed by atoms with E-state index in [2.05, 4.69) is 37.4 Å². The molecule has 0 aromatic carbocycles. The van der Waals surface area contributed by atoms with Gasteiger partial charge in [-0.15, -0.1) is 0 Å². The van der Waals surface area contributed by atoms with Crippen LogP contribution in [-0.2, 0) is 18.2 Å². The highest BCUT2D eigenvalue weighted by atomic mass is 16.5. The first-order chi connectivity index (χ1) is 9.02. The Labute approximate surface area is 116 Å². The minimum atomic E-state index is 0.220. The number of ether oxygens (including phenoxy) is 1. The van der Waals surface area contributed by atoms with Crippen molar-refractivity contribution < 1.29 is 4.74 Å². The van der Waals surface area contributed by atoms with Crippen molar-refractivity contribution in [1.29, 1.82) is 0 Å². The van der Waals surface area contributed by atoms with Crippen molar-refractivity contribution in [3.8, 4) is 0 Å². The zero-order chi connectivity index (χ0) is 13.9. The second kappa shape index (κ2) is 6.06. The van der Waals surface area contributed by atoms with Gasteiger partial charge in [-0.05, 0) is 37.8 Å². The molecule has 0 radical (unpaired) electrons. The van der Waals surface area contributed by atoms with Crippen molar-refractivity contribution in [2.45, 2.75) is 39.7 Å². The van der Waals surface area contributed by atoms with Crippen molar-refractivity contribution in [3.05, 3.63) is 18.0 Å². The van der Waals surface area contributed by atoms with Gasteiger partial charge in [-0.2, -0.15) is 5.10 Å². The lowest BCUT2D eigenvalue weighted by molar-refractivity contribution is 0.0627. The average Bonchev–Trinajstić information content (AvgIpc) is 2.87. The predicted octanol–water partition coefficient (Wildman–Crippen LogP) is 2.00. The first-order valence-electron chi connectivity index (χ1n) is 7.32. The van der Waals surface area contributed by atoms with Crippen LogP contribution in [0.25, 0.3) is 0 Å². The van der Waals surface area contributed by atoms with Crippen molar-refractivity contribution in [2.75, 3.05) is 19.7 Å². The molecule has 1 N–H and O–H groups in total. The van der Waals surface area contributed by atoms with Crippen LogP contribution < -0.4 is 5.32 Å². The third-order valence-corrected chi connectivity index (χ3v) is 4.17. The number of aryl methyl sites for hydroxylation is 1. The fraction of sp³-hybridized carbons (Fsp3) is 0.800. The summed E-state index contributed by atoms with van der Waals surface area (Å²) in [5, 5.41) is 7.90. The Morgan fingerprint density at radius 1 is 1.58 bits per heavy atom. The predicted molar refractivity (Wildman–Crippen MR) is 77.1 cm³/mol. The van der Waals surface area contributed by atoms with Gasteiger partial charge in [-0.1, -0.05) is 13.8 Å². The van der Waals surface area contributed by atoms with Crippen LogP contribution in [0.1, 0.15) is 32.8 Å². The van der Waals surface area contributed by atoms with Gasteiger partial charge in [0.2, 0.25) is 0 Å². The SMILES string of the molecule is CC(C)CNCC1(Cc2cnn(C)c2)CCOC1C. The molecule has 1 aliphatic heterocycles. The molecule has 0 saturated carbocycles. The Morgan fingerprint density at radius 3 is 2.89 bits per heavy atom. The maximum absolute atomic E-state index is 5.84. The zero-order valence-electron chi connectivity index (χ0n) is 12.6. The molecule has 0 aliphatic carbocycles. The molecule has 0 spiro atoms. The number of aromatic nitrogens is 2. The first-order valence-corrected chi connectivity index (χ1v) is 7.32. The van der Waals surface area contributed by atoms with Gasteiger partial charge < -0.3 is 10.1 Å². The lowest BCUT2D eigenvalue weighted by Gasteiger charge is -2.32. The maximum atomic E-state index is 5.84. The molecule has 1 saturated heterocycles. The molecule has 2 heterocycles. The molecule has 2 rings (SSSR count). The summed E-state index contributed by atoms with van der Waals surface area (Å²) in [6.07, 6.45) is 6.60. The van der Waals surface area contributed by atoms with Crippen LogP contribution in [0.15, 0.2) is 12.4 Å². The van der Waals surface area contributed by atoms with Crippen LogP contribution in [0.5, 0.6) is 0 Å². The summed E-state index contributed by atoms with van der Waals surface area (Å²) in [6.45, 7) is 9.68. The first kappa shape index (κ1) is 14.5. The maximum Gasteiger partial charge on any atom is 0.0619 e. The molecule has 1 aromatic rings. The number of nitrogens with zero attached hydrogens (tertiary/aromatic N) is 2. The summed E-state index contributed by atoms with van der Waals surface area (Å²) in [5.74, 6) is 0.688. The van der Waals surface area contributed by atoms with E-state index in [9.17, 15) is 0 Å². The quantitative estimate of drug-likeness (QED) is 0.855. The van der Waals surface area contributed by atoms with E-state index in [0.717, 1.165) is 32.5 Å². The van der Waals surface area contributed by atoms with Gasteiger partial charge in [0.05, 0.1) is 12.3 Å². The van der Waals surface area contributed by atoms with E-state index in [1.165, 1.54) is 5.56 Å². The molecule has 4 nitrogen and oxygen atoms in total. The number of hydrogen-bond acceptors (Lipinski definition) is 3. The van der Waals surface area contributed by atoms with Crippen LogP contribution in [0.4, 0.5) is 0 Å². The van der Waals surface area contributed by atoms with Gasteiger partial charge in [-0.25, -0.2) is 0 Å². The highest BCUT2D eigenvalue weighted by Gasteiger charge is 2.41. The Kier molecular flexibility index (Phi) is 4.63. The third kappa shape index (κ3) is 3.57. The molecule has 1 aliphatic rings. The normalized spacial score (nSPS) is 27.3. The Hall–Kier alpha value is -0.870. The van der Waals surface area contributed by atoms with E-state index in [1.54, 1.807) is 0 Å². The smallest absolute Gasteiger partial charge is 0.0619 e. The molecule has 2 atom stereocenters. The largest absolute Gasteiger partial charge is 0.378 e. The van der Waals surface area contributed by atoms with Gasteiger partial charge >= 0.3 is 0 Å². The molecular weight excluding hydrogens is 238 g/mol. The van der Waals surface area contributed by atoms with E-state index in [4.69, 9.17) is 4.74 Å². The molecule has 0 bridgehead atoms. The van der Waals surface area contributed by atoms with Crippen molar-refractivity contribution in [3.63, 3.8) is 0 Å². The minimum absolute atomic E-state index is 0.220. The van der Waals surface area contributed by atoms with Crippen LogP contribution in [0.2, 0.25) is 0 Å². The number of rotatable bonds is 6. The summed E-state index contributed by atoms with van der Waals surface area (Å²) in [6, 6.07) is 0. The van der Waals surface area contributed by atoms with E-state index < -0.39 is 0 Å². The van der Waals surface area contributed by atoms with Gasteiger partial charge in [-0.3, -0.25) is 4.68 Å². The molecule has 4 heteroatoms. The lowest BCUT2D eigenvalue weighted by atomic mass is 9.76. The number of hydrogen-bond donors (Lipinski definition) is 1. The second-order valence-electron chi connectivity index (χ2n) is 6.35. The highest BCUT2D eigenvalue weighted by molar-refractivity contribution is 5.10. The molecule has 0 amide bonds. The van der Waals surface area contributed by atoms with Gasteiger partial charge in [0.25, 0.3) is 0 Å². The summed E-state index contributed by atoms with van der Waals surface area (Å²) in [5.41, 5.74) is 1.53. The van der Waals surface area contributed by atoms with Gasteiger partial charge in [0.1, 0.15) is 0 Å². The van der Waals surface area contributed by atoms with E-state index in [-0.39, 0.29) is 5.41 Å². The summed E-state index contributed by atoms with van der Waals surface area (Å²) in [4.78, 5) is 0. The Morgan fingerprint density at radius 2 is 2.37 bits per heavy atom. The Balaban J connectivity index is 2.02. The highest BCUT2D eigenvalue weighted by Crippen LogP contribution is 2.37. The fourth-order valence-corrected chi connectivity index (χ4v) is 2.93. The molecule has 1 aromatic heterocycles. The zero-order valence-corrected chi connectivity index (χ0v) is 12.6. The topological polar surface area (TPSA) is 39.1 Å². The standard InChI is InChI=1S/C15H27N3O/c1-12(2)8-16-11-15(5-6-19-13(15)3)7-14-9-17-18(4)10-14/h9-10,12-13,16H,5-8,11H2,1-4H3. The minimum Gasteiger partial charge on any atom is -0.378 e. The molecule has 2 unspecified atom stereocenters. The van der Waals surface area contributed by atoms with Crippen molar-refractivity contribution in [1.82, 2.24) is 15.1 Å². The molecule has 1 fully saturated rings. The van der Waals surface area contributed by atoms with Crippen LogP contribution in [0, 0.1) is 11.3 Å². The van der Waals surface area contributed by atoms with Crippen molar-refractivity contribution in [2.24, 2.45) is 18.4 Å². The van der Waals surface area contributed by atoms with E-state index >= 15 is 0 Å². The van der Waals surface area contributed by atoms with E-state index in [1.807, 2.05) is 17.9 Å². The summed E-state index contributed by atoms with van der Waals surface area (Å²) < 4.78 is 7.72. The Bertz CT molecular complexity index is 402. The summed E-state index contributed by atoms with van der Waals surface area (Å²) in [7, 11) is 1.97. The van der Waals surface area contributed by atoms with Crippen molar-refractivity contribution >= 4 is 0 Å². The lowest BCUT2D eigenvalue weighted by Crippen LogP contribution is -2.42. The van der Waals surface area contributed by atoms with Crippen LogP contribution in [-0.4, -0.2) is 35.6 Å².